The molecule has 0 amide bonds. The summed E-state index contributed by atoms with van der Waals surface area (Å²) in [7, 11) is 0. The Kier molecular flexibility index (Phi) is 3.81. The summed E-state index contributed by atoms with van der Waals surface area (Å²) in [6, 6.07) is 13.3. The molecule has 3 rings (SSSR count). The third kappa shape index (κ3) is 2.74. The van der Waals surface area contributed by atoms with Gasteiger partial charge < -0.3 is 0 Å². The minimum atomic E-state index is -0.202. The minimum absolute atomic E-state index is 0.0164. The van der Waals surface area contributed by atoms with E-state index in [0.717, 1.165) is 12.0 Å². The number of aryl methyl sites for hydroxylation is 2. The van der Waals surface area contributed by atoms with Crippen LogP contribution in [0, 0.1) is 5.82 Å². The monoisotopic (exact) mass is 270 g/mol. The lowest BCUT2D eigenvalue weighted by molar-refractivity contribution is 0.548. The smallest absolute Gasteiger partial charge is 0.123 e. The molecule has 1 unspecified atom stereocenters. The van der Waals surface area contributed by atoms with Gasteiger partial charge in [-0.3, -0.25) is 11.3 Å². The minimum Gasteiger partial charge on any atom is -0.271 e. The topological polar surface area (TPSA) is 38.0 Å². The summed E-state index contributed by atoms with van der Waals surface area (Å²) in [4.78, 5) is 0. The number of benzene rings is 2. The summed E-state index contributed by atoms with van der Waals surface area (Å²) >= 11 is 0. The van der Waals surface area contributed by atoms with Crippen molar-refractivity contribution in [2.24, 2.45) is 5.84 Å². The van der Waals surface area contributed by atoms with E-state index in [1.54, 1.807) is 12.1 Å². The van der Waals surface area contributed by atoms with Gasteiger partial charge in [-0.05, 0) is 60.1 Å². The van der Waals surface area contributed by atoms with Crippen LogP contribution in [-0.4, -0.2) is 0 Å². The van der Waals surface area contributed by atoms with Crippen molar-refractivity contribution >= 4 is 0 Å². The highest BCUT2D eigenvalue weighted by molar-refractivity contribution is 5.37. The third-order valence-electron chi connectivity index (χ3n) is 4.05. The molecule has 1 atom stereocenters. The molecule has 2 aromatic rings. The predicted molar refractivity (Wildman–Crippen MR) is 78.6 cm³/mol. The van der Waals surface area contributed by atoms with Gasteiger partial charge in [-0.2, -0.15) is 0 Å². The summed E-state index contributed by atoms with van der Waals surface area (Å²) < 4.78 is 13.3. The first-order valence-electron chi connectivity index (χ1n) is 7.08. The average Bonchev–Trinajstić information content (AvgIpc) is 2.92. The van der Waals surface area contributed by atoms with E-state index in [2.05, 4.69) is 23.6 Å². The second-order valence-electron chi connectivity index (χ2n) is 5.43. The van der Waals surface area contributed by atoms with Crippen LogP contribution in [0.5, 0.6) is 0 Å². The number of fused-ring (bicyclic) bond motifs is 1. The molecule has 2 aromatic carbocycles. The Hall–Kier alpha value is -1.71. The molecule has 1 aliphatic rings. The maximum absolute atomic E-state index is 13.3. The van der Waals surface area contributed by atoms with E-state index in [9.17, 15) is 4.39 Å². The SMILES string of the molecule is NNC(Cc1cccc(F)c1)c1ccc2c(c1)CCC2. The Labute approximate surface area is 118 Å². The number of rotatable bonds is 4. The molecule has 0 heterocycles. The summed E-state index contributed by atoms with van der Waals surface area (Å²) in [5.74, 6) is 5.49. The molecule has 2 nitrogen and oxygen atoms in total. The normalized spacial score (nSPS) is 15.1. The molecule has 0 spiro atoms. The number of hydrazine groups is 1. The fourth-order valence-corrected chi connectivity index (χ4v) is 2.98. The molecule has 0 saturated carbocycles. The second-order valence-corrected chi connectivity index (χ2v) is 5.43. The molecular formula is C17H19FN2. The molecule has 3 heteroatoms. The first-order valence-corrected chi connectivity index (χ1v) is 7.08. The summed E-state index contributed by atoms with van der Waals surface area (Å²) in [6.07, 6.45) is 4.26. The Bertz CT molecular complexity index is 610. The van der Waals surface area contributed by atoms with Crippen molar-refractivity contribution in [3.05, 3.63) is 70.5 Å². The van der Waals surface area contributed by atoms with E-state index in [4.69, 9.17) is 5.84 Å². The Morgan fingerprint density at radius 3 is 2.75 bits per heavy atom. The zero-order valence-corrected chi connectivity index (χ0v) is 11.4. The second kappa shape index (κ2) is 5.73. The van der Waals surface area contributed by atoms with Crippen LogP contribution in [0.2, 0.25) is 0 Å². The molecule has 0 aliphatic heterocycles. The van der Waals surface area contributed by atoms with Gasteiger partial charge in [0.1, 0.15) is 5.82 Å². The van der Waals surface area contributed by atoms with Crippen LogP contribution in [-0.2, 0) is 19.3 Å². The van der Waals surface area contributed by atoms with Gasteiger partial charge in [-0.25, -0.2) is 4.39 Å². The Morgan fingerprint density at radius 2 is 1.95 bits per heavy atom. The van der Waals surface area contributed by atoms with E-state index in [-0.39, 0.29) is 11.9 Å². The third-order valence-corrected chi connectivity index (χ3v) is 4.05. The quantitative estimate of drug-likeness (QED) is 0.662. The molecule has 3 N–H and O–H groups in total. The fraction of sp³-hybridized carbons (Fsp3) is 0.294. The number of halogens is 1. The summed E-state index contributed by atoms with van der Waals surface area (Å²) in [5.41, 5.74) is 7.87. The van der Waals surface area contributed by atoms with E-state index in [1.807, 2.05) is 6.07 Å². The standard InChI is InChI=1S/C17H19FN2/c18-16-6-1-3-12(9-16)10-17(20-19)15-8-7-13-4-2-5-14(13)11-15/h1,3,6-9,11,17,20H,2,4-5,10,19H2. The number of hydrogen-bond acceptors (Lipinski definition) is 2. The van der Waals surface area contributed by atoms with Crippen molar-refractivity contribution in [3.8, 4) is 0 Å². The van der Waals surface area contributed by atoms with E-state index >= 15 is 0 Å². The van der Waals surface area contributed by atoms with Gasteiger partial charge in [0.25, 0.3) is 0 Å². The maximum atomic E-state index is 13.3. The highest BCUT2D eigenvalue weighted by atomic mass is 19.1. The lowest BCUT2D eigenvalue weighted by Crippen LogP contribution is -2.29. The highest BCUT2D eigenvalue weighted by Crippen LogP contribution is 2.26. The van der Waals surface area contributed by atoms with Crippen LogP contribution in [0.1, 0.15) is 34.7 Å². The Morgan fingerprint density at radius 1 is 1.10 bits per heavy atom. The average molecular weight is 270 g/mol. The largest absolute Gasteiger partial charge is 0.271 e. The van der Waals surface area contributed by atoms with Crippen molar-refractivity contribution in [2.75, 3.05) is 0 Å². The molecule has 0 saturated heterocycles. The van der Waals surface area contributed by atoms with Crippen molar-refractivity contribution in [1.82, 2.24) is 5.43 Å². The van der Waals surface area contributed by atoms with Crippen LogP contribution in [0.15, 0.2) is 42.5 Å². The van der Waals surface area contributed by atoms with Crippen LogP contribution >= 0.6 is 0 Å². The van der Waals surface area contributed by atoms with Crippen molar-refractivity contribution in [3.63, 3.8) is 0 Å². The zero-order chi connectivity index (χ0) is 13.9. The molecule has 104 valence electrons. The van der Waals surface area contributed by atoms with Crippen LogP contribution in [0.3, 0.4) is 0 Å². The molecule has 0 bridgehead atoms. The van der Waals surface area contributed by atoms with Crippen LogP contribution in [0.25, 0.3) is 0 Å². The van der Waals surface area contributed by atoms with Gasteiger partial charge in [0.05, 0.1) is 0 Å². The fourth-order valence-electron chi connectivity index (χ4n) is 2.98. The number of nitrogens with two attached hydrogens (primary N) is 1. The lowest BCUT2D eigenvalue weighted by Gasteiger charge is -2.17. The summed E-state index contributed by atoms with van der Waals surface area (Å²) in [5, 5.41) is 0. The van der Waals surface area contributed by atoms with Gasteiger partial charge in [-0.15, -0.1) is 0 Å². The molecular weight excluding hydrogens is 251 g/mol. The van der Waals surface area contributed by atoms with Crippen molar-refractivity contribution in [2.45, 2.75) is 31.7 Å². The highest BCUT2D eigenvalue weighted by Gasteiger charge is 2.15. The van der Waals surface area contributed by atoms with Gasteiger partial charge in [0.15, 0.2) is 0 Å². The van der Waals surface area contributed by atoms with Crippen molar-refractivity contribution < 1.29 is 4.39 Å². The predicted octanol–water partition coefficient (Wildman–Crippen LogP) is 3.06. The first kappa shape index (κ1) is 13.3. The summed E-state index contributed by atoms with van der Waals surface area (Å²) in [6.45, 7) is 0. The van der Waals surface area contributed by atoms with Gasteiger partial charge in [0, 0.05) is 6.04 Å². The van der Waals surface area contributed by atoms with Crippen molar-refractivity contribution in [1.29, 1.82) is 0 Å². The Balaban J connectivity index is 1.83. The zero-order valence-electron chi connectivity index (χ0n) is 11.4. The van der Waals surface area contributed by atoms with Crippen LogP contribution in [0.4, 0.5) is 4.39 Å². The molecule has 0 radical (unpaired) electrons. The molecule has 0 aromatic heterocycles. The van der Waals surface area contributed by atoms with E-state index in [0.29, 0.717) is 6.42 Å². The number of nitrogens with one attached hydrogen (secondary N) is 1. The first-order chi connectivity index (χ1) is 9.76. The molecule has 0 fully saturated rings. The van der Waals surface area contributed by atoms with Crippen LogP contribution < -0.4 is 11.3 Å². The lowest BCUT2D eigenvalue weighted by atomic mass is 9.96. The van der Waals surface area contributed by atoms with Gasteiger partial charge in [0.2, 0.25) is 0 Å². The van der Waals surface area contributed by atoms with E-state index < -0.39 is 0 Å². The van der Waals surface area contributed by atoms with Gasteiger partial charge >= 0.3 is 0 Å². The molecule has 1 aliphatic carbocycles. The number of hydrogen-bond donors (Lipinski definition) is 2. The van der Waals surface area contributed by atoms with Gasteiger partial charge in [-0.1, -0.05) is 30.3 Å². The van der Waals surface area contributed by atoms with E-state index in [1.165, 1.54) is 35.6 Å². The maximum Gasteiger partial charge on any atom is 0.123 e. The molecule has 20 heavy (non-hydrogen) atoms.